The fraction of sp³-hybridized carbons (Fsp3) is 0.273. The van der Waals surface area contributed by atoms with E-state index in [1.54, 1.807) is 59.0 Å². The maximum Gasteiger partial charge on any atom is 0.263 e. The highest BCUT2D eigenvalue weighted by Gasteiger charge is 2.40. The molecule has 1 aliphatic carbocycles. The lowest BCUT2D eigenvalue weighted by atomic mass is 9.98. The molecule has 1 unspecified atom stereocenters. The molecule has 2 aliphatic rings. The zero-order valence-corrected chi connectivity index (χ0v) is 25.9. The van der Waals surface area contributed by atoms with E-state index in [-0.39, 0.29) is 41.9 Å². The Bertz CT molecular complexity index is 1820. The molecule has 2 heterocycles. The normalized spacial score (nSPS) is 19.3. The van der Waals surface area contributed by atoms with Crippen LogP contribution in [-0.2, 0) is 13.0 Å². The summed E-state index contributed by atoms with van der Waals surface area (Å²) in [5.41, 5.74) is 3.45. The van der Waals surface area contributed by atoms with Gasteiger partial charge in [0.1, 0.15) is 5.75 Å². The highest BCUT2D eigenvalue weighted by Crippen LogP contribution is 2.43. The first kappa shape index (κ1) is 29.7. The summed E-state index contributed by atoms with van der Waals surface area (Å²) >= 11 is 12.3. The SMILES string of the molecule is CN=C([O-])c1ccc(-n2c(NC3C[C@@H]3c3ccc(OC)cc3)nc3c(c2=O)C[C@@H](C)N(C(=O)c2ccc(Cl)c(Cl)c2)C3)cc1. The molecule has 9 nitrogen and oxygen atoms in total. The molecule has 11 heteroatoms. The van der Waals surface area contributed by atoms with Crippen molar-refractivity contribution in [2.24, 2.45) is 4.99 Å². The van der Waals surface area contributed by atoms with Crippen LogP contribution >= 0.6 is 23.2 Å². The van der Waals surface area contributed by atoms with Gasteiger partial charge in [0, 0.05) is 36.2 Å². The van der Waals surface area contributed by atoms with E-state index in [1.165, 1.54) is 7.05 Å². The molecule has 4 aromatic rings. The van der Waals surface area contributed by atoms with Crippen molar-refractivity contribution in [2.45, 2.75) is 44.3 Å². The van der Waals surface area contributed by atoms with Crippen molar-refractivity contribution in [3.05, 3.63) is 115 Å². The molecule has 1 saturated carbocycles. The molecule has 1 aliphatic heterocycles. The third-order valence-electron chi connectivity index (χ3n) is 8.27. The lowest BCUT2D eigenvalue weighted by Crippen LogP contribution is -2.46. The molecule has 226 valence electrons. The van der Waals surface area contributed by atoms with E-state index in [0.717, 1.165) is 17.7 Å². The van der Waals surface area contributed by atoms with E-state index in [0.29, 0.717) is 50.5 Å². The Kier molecular flexibility index (Phi) is 8.09. The fourth-order valence-corrected chi connectivity index (χ4v) is 5.98. The molecule has 6 rings (SSSR count). The number of anilines is 1. The monoisotopic (exact) mass is 630 g/mol. The number of nitrogens with zero attached hydrogens (tertiary/aromatic N) is 4. The molecule has 1 fully saturated rings. The van der Waals surface area contributed by atoms with Crippen LogP contribution in [0, 0.1) is 0 Å². The van der Waals surface area contributed by atoms with Gasteiger partial charge in [-0.3, -0.25) is 9.59 Å². The minimum atomic E-state index is -0.341. The van der Waals surface area contributed by atoms with Gasteiger partial charge in [-0.25, -0.2) is 9.55 Å². The Labute approximate surface area is 264 Å². The molecule has 1 amide bonds. The van der Waals surface area contributed by atoms with E-state index >= 15 is 0 Å². The predicted molar refractivity (Wildman–Crippen MR) is 170 cm³/mol. The van der Waals surface area contributed by atoms with E-state index in [9.17, 15) is 14.7 Å². The molecular formula is C33H30Cl2N5O4-. The molecule has 1 aromatic heterocycles. The molecule has 44 heavy (non-hydrogen) atoms. The lowest BCUT2D eigenvalue weighted by molar-refractivity contribution is -0.213. The van der Waals surface area contributed by atoms with Gasteiger partial charge >= 0.3 is 0 Å². The number of fused-ring (bicyclic) bond motifs is 1. The summed E-state index contributed by atoms with van der Waals surface area (Å²) < 4.78 is 6.85. The number of carbonyl (C=O) groups is 1. The van der Waals surface area contributed by atoms with E-state index in [4.69, 9.17) is 32.9 Å². The van der Waals surface area contributed by atoms with Crippen LogP contribution in [0.3, 0.4) is 0 Å². The third-order valence-corrected chi connectivity index (χ3v) is 9.00. The Balaban J connectivity index is 1.37. The first-order chi connectivity index (χ1) is 21.2. The largest absolute Gasteiger partial charge is 0.859 e. The van der Waals surface area contributed by atoms with Crippen molar-refractivity contribution in [1.29, 1.82) is 0 Å². The summed E-state index contributed by atoms with van der Waals surface area (Å²) in [4.78, 5) is 38.1. The molecule has 0 radical (unpaired) electrons. The van der Waals surface area contributed by atoms with Crippen LogP contribution < -0.4 is 20.7 Å². The molecule has 3 atom stereocenters. The second-order valence-corrected chi connectivity index (χ2v) is 11.9. The number of carbonyl (C=O) groups excluding carboxylic acids is 1. The smallest absolute Gasteiger partial charge is 0.263 e. The van der Waals surface area contributed by atoms with Crippen molar-refractivity contribution < 1.29 is 14.6 Å². The zero-order chi connectivity index (χ0) is 31.1. The highest BCUT2D eigenvalue weighted by molar-refractivity contribution is 6.42. The number of ether oxygens (including phenoxy) is 1. The third kappa shape index (κ3) is 5.65. The van der Waals surface area contributed by atoms with Crippen LogP contribution in [-0.4, -0.2) is 52.5 Å². The van der Waals surface area contributed by atoms with E-state index in [1.807, 2.05) is 31.2 Å². The Hall–Kier alpha value is -4.34. The van der Waals surface area contributed by atoms with Crippen molar-refractivity contribution in [2.75, 3.05) is 19.5 Å². The van der Waals surface area contributed by atoms with Gasteiger partial charge in [0.2, 0.25) is 5.95 Å². The van der Waals surface area contributed by atoms with Gasteiger partial charge in [-0.05, 0) is 79.3 Å². The Morgan fingerprint density at radius 1 is 1.05 bits per heavy atom. The molecule has 1 N–H and O–H groups in total. The molecular weight excluding hydrogens is 601 g/mol. The van der Waals surface area contributed by atoms with Crippen molar-refractivity contribution in [3.63, 3.8) is 0 Å². The summed E-state index contributed by atoms with van der Waals surface area (Å²) in [6.07, 6.45) is 1.20. The number of amides is 1. The molecule has 0 spiro atoms. The molecule has 3 aromatic carbocycles. The summed E-state index contributed by atoms with van der Waals surface area (Å²) in [6, 6.07) is 19.3. The average Bonchev–Trinajstić information content (AvgIpc) is 3.81. The van der Waals surface area contributed by atoms with Gasteiger partial charge < -0.3 is 25.1 Å². The van der Waals surface area contributed by atoms with Crippen LogP contribution in [0.25, 0.3) is 5.69 Å². The topological polar surface area (TPSA) is 112 Å². The highest BCUT2D eigenvalue weighted by atomic mass is 35.5. The van der Waals surface area contributed by atoms with Gasteiger partial charge in [-0.2, -0.15) is 0 Å². The minimum Gasteiger partial charge on any atom is -0.859 e. The van der Waals surface area contributed by atoms with Crippen LogP contribution in [0.4, 0.5) is 5.95 Å². The van der Waals surface area contributed by atoms with Crippen LogP contribution in [0.15, 0.2) is 76.5 Å². The van der Waals surface area contributed by atoms with Gasteiger partial charge in [0.15, 0.2) is 0 Å². The number of benzene rings is 3. The van der Waals surface area contributed by atoms with Gasteiger partial charge in [0.05, 0.1) is 35.1 Å². The standard InChI is InChI=1S/C33H31Cl2N5O4/c1-18-14-25-29(17-39(18)31(42)21-8-13-26(34)27(35)15-21)38-33(37-28-16-24(28)19-6-11-23(44-3)12-7-19)40(32(25)43)22-9-4-20(5-10-22)30(41)36-2/h4-13,15,18,24,28H,14,16-17H2,1-3H3,(H,36,41)(H,37,38)/p-1/t18-,24-,28?/m1/s1. The van der Waals surface area contributed by atoms with E-state index < -0.39 is 0 Å². The number of halogens is 2. The van der Waals surface area contributed by atoms with Crippen molar-refractivity contribution in [3.8, 4) is 11.4 Å². The number of methoxy groups -OCH3 is 1. The Morgan fingerprint density at radius 2 is 1.75 bits per heavy atom. The van der Waals surface area contributed by atoms with Crippen LogP contribution in [0.5, 0.6) is 5.75 Å². The van der Waals surface area contributed by atoms with Crippen LogP contribution in [0.1, 0.15) is 52.0 Å². The summed E-state index contributed by atoms with van der Waals surface area (Å²) in [7, 11) is 3.08. The number of hydrogen-bond donors (Lipinski definition) is 1. The Morgan fingerprint density at radius 3 is 2.41 bits per heavy atom. The lowest BCUT2D eigenvalue weighted by Gasteiger charge is -2.34. The quantitative estimate of drug-likeness (QED) is 0.231. The van der Waals surface area contributed by atoms with Crippen molar-refractivity contribution in [1.82, 2.24) is 14.5 Å². The number of aromatic nitrogens is 2. The van der Waals surface area contributed by atoms with E-state index in [2.05, 4.69) is 10.3 Å². The van der Waals surface area contributed by atoms with Crippen LogP contribution in [0.2, 0.25) is 10.0 Å². The summed E-state index contributed by atoms with van der Waals surface area (Å²) in [5.74, 6) is 0.847. The maximum atomic E-state index is 14.2. The number of aliphatic imine (C=N–C) groups is 1. The number of nitrogens with one attached hydrogen (secondary N) is 1. The minimum absolute atomic E-state index is 0.0517. The number of hydrogen-bond acceptors (Lipinski definition) is 7. The zero-order valence-electron chi connectivity index (χ0n) is 24.4. The van der Waals surface area contributed by atoms with Gasteiger partial charge in [0.25, 0.3) is 11.5 Å². The first-order valence-electron chi connectivity index (χ1n) is 14.2. The fourth-order valence-electron chi connectivity index (χ4n) is 5.68. The average molecular weight is 632 g/mol. The molecule has 0 bridgehead atoms. The maximum absolute atomic E-state index is 14.2. The first-order valence-corrected chi connectivity index (χ1v) is 15.0. The van der Waals surface area contributed by atoms with Crippen molar-refractivity contribution >= 4 is 41.0 Å². The van der Waals surface area contributed by atoms with Gasteiger partial charge in [-0.15, -0.1) is 0 Å². The molecule has 0 saturated heterocycles. The summed E-state index contributed by atoms with van der Waals surface area (Å²) in [6.45, 7) is 2.07. The summed E-state index contributed by atoms with van der Waals surface area (Å²) in [5, 5.41) is 16.3. The second kappa shape index (κ2) is 12.0. The second-order valence-electron chi connectivity index (χ2n) is 11.1. The predicted octanol–water partition coefficient (Wildman–Crippen LogP) is 4.84. The van der Waals surface area contributed by atoms with Gasteiger partial charge in [-0.1, -0.05) is 47.5 Å². The number of rotatable bonds is 7.